The van der Waals surface area contributed by atoms with E-state index in [9.17, 15) is 4.79 Å². The van der Waals surface area contributed by atoms with Gasteiger partial charge < -0.3 is 14.2 Å². The summed E-state index contributed by atoms with van der Waals surface area (Å²) in [6, 6.07) is 6.44. The Balaban J connectivity index is 1.95. The van der Waals surface area contributed by atoms with Crippen molar-refractivity contribution in [2.75, 3.05) is 20.2 Å². The van der Waals surface area contributed by atoms with Gasteiger partial charge in [-0.2, -0.15) is 0 Å². The predicted octanol–water partition coefficient (Wildman–Crippen LogP) is 4.24. The van der Waals surface area contributed by atoms with Crippen molar-refractivity contribution in [3.8, 4) is 0 Å². The quantitative estimate of drug-likeness (QED) is 0.800. The third kappa shape index (κ3) is 3.17. The van der Waals surface area contributed by atoms with Crippen LogP contribution in [-0.4, -0.2) is 41.7 Å². The molecule has 0 N–H and O–H groups in total. The fourth-order valence-corrected chi connectivity index (χ4v) is 3.64. The van der Waals surface area contributed by atoms with Gasteiger partial charge in [0.1, 0.15) is 0 Å². The molecule has 2 heterocycles. The molecule has 0 aliphatic carbocycles. The van der Waals surface area contributed by atoms with E-state index in [1.165, 1.54) is 0 Å². The van der Waals surface area contributed by atoms with Crippen molar-refractivity contribution in [1.29, 1.82) is 0 Å². The molecule has 1 aliphatic heterocycles. The molecular formula is C18H23BrN2O2. The van der Waals surface area contributed by atoms with Crippen LogP contribution < -0.4 is 0 Å². The van der Waals surface area contributed by atoms with Crippen molar-refractivity contribution in [3.63, 3.8) is 0 Å². The highest BCUT2D eigenvalue weighted by Gasteiger charge is 2.26. The van der Waals surface area contributed by atoms with E-state index in [4.69, 9.17) is 4.74 Å². The number of aromatic nitrogens is 1. The molecule has 1 aliphatic rings. The number of nitrogens with zero attached hydrogens (tertiary/aromatic N) is 2. The van der Waals surface area contributed by atoms with E-state index in [1.54, 1.807) is 7.11 Å². The smallest absolute Gasteiger partial charge is 0.256 e. The maximum atomic E-state index is 13.0. The maximum Gasteiger partial charge on any atom is 0.256 e. The van der Waals surface area contributed by atoms with Crippen molar-refractivity contribution >= 4 is 32.7 Å². The Morgan fingerprint density at radius 3 is 2.61 bits per heavy atom. The van der Waals surface area contributed by atoms with Crippen LogP contribution in [0.5, 0.6) is 0 Å². The van der Waals surface area contributed by atoms with Crippen LogP contribution >= 0.6 is 15.9 Å². The lowest BCUT2D eigenvalue weighted by atomic mass is 10.1. The van der Waals surface area contributed by atoms with Gasteiger partial charge in [-0.25, -0.2) is 0 Å². The molecule has 1 amide bonds. The van der Waals surface area contributed by atoms with Gasteiger partial charge in [-0.15, -0.1) is 0 Å². The number of ether oxygens (including phenoxy) is 1. The minimum Gasteiger partial charge on any atom is -0.381 e. The number of likely N-dealkylation sites (tertiary alicyclic amines) is 1. The second-order valence-corrected chi connectivity index (χ2v) is 7.35. The summed E-state index contributed by atoms with van der Waals surface area (Å²) in [4.78, 5) is 14.9. The molecule has 124 valence electrons. The summed E-state index contributed by atoms with van der Waals surface area (Å²) in [5.41, 5.74) is 1.90. The summed E-state index contributed by atoms with van der Waals surface area (Å²) < 4.78 is 8.60. The number of hydrogen-bond donors (Lipinski definition) is 0. The summed E-state index contributed by atoms with van der Waals surface area (Å²) in [6.07, 6.45) is 4.12. The first-order chi connectivity index (χ1) is 11.0. The largest absolute Gasteiger partial charge is 0.381 e. The molecule has 23 heavy (non-hydrogen) atoms. The third-order valence-electron chi connectivity index (χ3n) is 4.65. The molecule has 1 fully saturated rings. The lowest BCUT2D eigenvalue weighted by molar-refractivity contribution is 0.0351. The van der Waals surface area contributed by atoms with Crippen LogP contribution in [0.25, 0.3) is 10.9 Å². The molecule has 0 saturated carbocycles. The molecule has 1 saturated heterocycles. The first-order valence-electron chi connectivity index (χ1n) is 8.13. The first kappa shape index (κ1) is 16.5. The van der Waals surface area contributed by atoms with Crippen molar-refractivity contribution in [2.24, 2.45) is 0 Å². The number of amides is 1. The maximum absolute atomic E-state index is 13.0. The average molecular weight is 379 g/mol. The van der Waals surface area contributed by atoms with Crippen molar-refractivity contribution in [3.05, 3.63) is 34.4 Å². The van der Waals surface area contributed by atoms with Crippen LogP contribution in [0.2, 0.25) is 0 Å². The molecule has 0 spiro atoms. The topological polar surface area (TPSA) is 34.5 Å². The Kier molecular flexibility index (Phi) is 4.78. The normalized spacial score (nSPS) is 16.5. The Labute approximate surface area is 145 Å². The summed E-state index contributed by atoms with van der Waals surface area (Å²) in [6.45, 7) is 5.81. The van der Waals surface area contributed by atoms with Gasteiger partial charge in [0.05, 0.1) is 17.2 Å². The molecule has 3 rings (SSSR count). The summed E-state index contributed by atoms with van der Waals surface area (Å²) in [5, 5.41) is 1.03. The van der Waals surface area contributed by atoms with Crippen LogP contribution in [0.15, 0.2) is 28.9 Å². The lowest BCUT2D eigenvalue weighted by Gasteiger charge is -2.31. The number of methoxy groups -OCH3 is 1. The van der Waals surface area contributed by atoms with E-state index in [-0.39, 0.29) is 12.0 Å². The molecule has 2 aromatic rings. The van der Waals surface area contributed by atoms with E-state index >= 15 is 0 Å². The minimum atomic E-state index is 0.131. The monoisotopic (exact) mass is 378 g/mol. The zero-order chi connectivity index (χ0) is 16.6. The van der Waals surface area contributed by atoms with Crippen LogP contribution in [0.3, 0.4) is 0 Å². The van der Waals surface area contributed by atoms with E-state index in [0.29, 0.717) is 6.04 Å². The standard InChI is InChI=1S/C18H23BrN2O2/c1-12(2)21-11-16(15-5-4-13(19)10-17(15)21)18(22)20-8-6-14(23-3)7-9-20/h4-5,10-12,14H,6-9H2,1-3H3. The molecule has 1 aromatic carbocycles. The molecular weight excluding hydrogens is 356 g/mol. The van der Waals surface area contributed by atoms with Gasteiger partial charge >= 0.3 is 0 Å². The fraction of sp³-hybridized carbons (Fsp3) is 0.500. The van der Waals surface area contributed by atoms with E-state index in [0.717, 1.165) is 46.9 Å². The first-order valence-corrected chi connectivity index (χ1v) is 8.92. The lowest BCUT2D eigenvalue weighted by Crippen LogP contribution is -2.40. The Morgan fingerprint density at radius 1 is 1.30 bits per heavy atom. The number of piperidine rings is 1. The van der Waals surface area contributed by atoms with Gasteiger partial charge in [-0.3, -0.25) is 4.79 Å². The van der Waals surface area contributed by atoms with Gasteiger partial charge in [0.2, 0.25) is 0 Å². The second kappa shape index (κ2) is 6.65. The highest BCUT2D eigenvalue weighted by Crippen LogP contribution is 2.29. The Morgan fingerprint density at radius 2 is 2.00 bits per heavy atom. The zero-order valence-electron chi connectivity index (χ0n) is 13.9. The molecule has 1 aromatic heterocycles. The molecule has 0 radical (unpaired) electrons. The number of fused-ring (bicyclic) bond motifs is 1. The Bertz CT molecular complexity index is 715. The van der Waals surface area contributed by atoms with Crippen molar-refractivity contribution < 1.29 is 9.53 Å². The zero-order valence-corrected chi connectivity index (χ0v) is 15.5. The third-order valence-corrected chi connectivity index (χ3v) is 5.14. The molecule has 0 bridgehead atoms. The minimum absolute atomic E-state index is 0.131. The molecule has 5 heteroatoms. The molecule has 0 atom stereocenters. The highest BCUT2D eigenvalue weighted by atomic mass is 79.9. The van der Waals surface area contributed by atoms with Gasteiger partial charge in [0.25, 0.3) is 5.91 Å². The molecule has 0 unspecified atom stereocenters. The van der Waals surface area contributed by atoms with Crippen molar-refractivity contribution in [1.82, 2.24) is 9.47 Å². The van der Waals surface area contributed by atoms with Gasteiger partial charge in [0.15, 0.2) is 0 Å². The van der Waals surface area contributed by atoms with Crippen LogP contribution in [0, 0.1) is 0 Å². The van der Waals surface area contributed by atoms with E-state index in [2.05, 4.69) is 40.4 Å². The fourth-order valence-electron chi connectivity index (χ4n) is 3.29. The van der Waals surface area contributed by atoms with E-state index < -0.39 is 0 Å². The van der Waals surface area contributed by atoms with E-state index in [1.807, 2.05) is 23.2 Å². The SMILES string of the molecule is COC1CCN(C(=O)c2cn(C(C)C)c3cc(Br)ccc23)CC1. The van der Waals surface area contributed by atoms with Gasteiger partial charge in [-0.1, -0.05) is 22.0 Å². The number of halogens is 1. The summed E-state index contributed by atoms with van der Waals surface area (Å²) in [5.74, 6) is 0.131. The number of carbonyl (C=O) groups excluding carboxylic acids is 1. The van der Waals surface area contributed by atoms with Gasteiger partial charge in [-0.05, 0) is 38.8 Å². The number of hydrogen-bond acceptors (Lipinski definition) is 2. The number of carbonyl (C=O) groups is 1. The van der Waals surface area contributed by atoms with Crippen molar-refractivity contribution in [2.45, 2.75) is 38.8 Å². The van der Waals surface area contributed by atoms with Crippen LogP contribution in [0.1, 0.15) is 43.1 Å². The number of rotatable bonds is 3. The van der Waals surface area contributed by atoms with Crippen LogP contribution in [-0.2, 0) is 4.74 Å². The number of benzene rings is 1. The predicted molar refractivity (Wildman–Crippen MR) is 96.0 cm³/mol. The highest BCUT2D eigenvalue weighted by molar-refractivity contribution is 9.10. The average Bonchev–Trinajstić information content (AvgIpc) is 2.93. The summed E-state index contributed by atoms with van der Waals surface area (Å²) in [7, 11) is 1.75. The molecule has 4 nitrogen and oxygen atoms in total. The summed E-state index contributed by atoms with van der Waals surface area (Å²) >= 11 is 3.53. The van der Waals surface area contributed by atoms with Crippen LogP contribution in [0.4, 0.5) is 0 Å². The van der Waals surface area contributed by atoms with Gasteiger partial charge in [0, 0.05) is 42.3 Å². The second-order valence-electron chi connectivity index (χ2n) is 6.43. The Hall–Kier alpha value is -1.33.